The van der Waals surface area contributed by atoms with Gasteiger partial charge in [0.05, 0.1) is 12.4 Å². The molecule has 5 heteroatoms. The molecule has 66 valence electrons. The number of hydrogen-bond acceptors (Lipinski definition) is 4. The molecular formula is C6H13NO3S. The molecule has 0 aromatic heterocycles. The van der Waals surface area contributed by atoms with E-state index in [9.17, 15) is 8.42 Å². The van der Waals surface area contributed by atoms with Crippen LogP contribution in [0.25, 0.3) is 0 Å². The van der Waals surface area contributed by atoms with Crippen LogP contribution in [0.2, 0.25) is 0 Å². The molecule has 0 aromatic carbocycles. The van der Waals surface area contributed by atoms with Crippen molar-refractivity contribution >= 4 is 10.1 Å². The monoisotopic (exact) mass is 179 g/mol. The molecule has 4 nitrogen and oxygen atoms in total. The molecule has 1 aliphatic rings. The summed E-state index contributed by atoms with van der Waals surface area (Å²) in [4.78, 5) is 0. The average Bonchev–Trinajstić information content (AvgIpc) is 2.06. The number of hydrogen-bond donors (Lipinski definition) is 1. The summed E-state index contributed by atoms with van der Waals surface area (Å²) in [6.45, 7) is 1.54. The fourth-order valence-electron chi connectivity index (χ4n) is 1.22. The van der Waals surface area contributed by atoms with E-state index in [1.54, 1.807) is 0 Å². The van der Waals surface area contributed by atoms with E-state index in [1.807, 2.05) is 0 Å². The van der Waals surface area contributed by atoms with Crippen LogP contribution in [0.15, 0.2) is 0 Å². The Morgan fingerprint density at radius 1 is 1.36 bits per heavy atom. The molecule has 1 rings (SSSR count). The van der Waals surface area contributed by atoms with E-state index >= 15 is 0 Å². The van der Waals surface area contributed by atoms with Crippen molar-refractivity contribution in [2.75, 3.05) is 20.2 Å². The van der Waals surface area contributed by atoms with Gasteiger partial charge < -0.3 is 5.32 Å². The lowest BCUT2D eigenvalue weighted by Crippen LogP contribution is -2.36. The minimum absolute atomic E-state index is 0.297. The lowest BCUT2D eigenvalue weighted by atomic mass is 10.2. The van der Waals surface area contributed by atoms with Crippen LogP contribution in [0.1, 0.15) is 12.8 Å². The van der Waals surface area contributed by atoms with Gasteiger partial charge in [-0.25, -0.2) is 0 Å². The summed E-state index contributed by atoms with van der Waals surface area (Å²) in [5.41, 5.74) is 0. The number of piperidine rings is 1. The Morgan fingerprint density at radius 3 is 2.36 bits per heavy atom. The second kappa shape index (κ2) is 3.51. The Labute approximate surface area is 67.1 Å². The summed E-state index contributed by atoms with van der Waals surface area (Å²) in [6.07, 6.45) is 1.33. The first-order valence-corrected chi connectivity index (χ1v) is 5.14. The first-order valence-electron chi connectivity index (χ1n) is 3.67. The first kappa shape index (κ1) is 8.96. The van der Waals surface area contributed by atoms with E-state index in [-0.39, 0.29) is 5.25 Å². The van der Waals surface area contributed by atoms with E-state index in [0.29, 0.717) is 12.8 Å². The summed E-state index contributed by atoms with van der Waals surface area (Å²) in [5, 5.41) is 2.79. The molecular weight excluding hydrogens is 166 g/mol. The van der Waals surface area contributed by atoms with Gasteiger partial charge in [0, 0.05) is 0 Å². The largest absolute Gasteiger partial charge is 0.317 e. The van der Waals surface area contributed by atoms with Crippen molar-refractivity contribution < 1.29 is 12.6 Å². The molecule has 0 bridgehead atoms. The lowest BCUT2D eigenvalue weighted by molar-refractivity contribution is 0.372. The van der Waals surface area contributed by atoms with Gasteiger partial charge in [-0.2, -0.15) is 8.42 Å². The number of rotatable bonds is 2. The van der Waals surface area contributed by atoms with Gasteiger partial charge in [0.1, 0.15) is 0 Å². The maximum absolute atomic E-state index is 11.1. The first-order chi connectivity index (χ1) is 5.17. The Balaban J connectivity index is 2.58. The van der Waals surface area contributed by atoms with E-state index in [4.69, 9.17) is 0 Å². The summed E-state index contributed by atoms with van der Waals surface area (Å²) >= 11 is 0. The van der Waals surface area contributed by atoms with Gasteiger partial charge in [-0.3, -0.25) is 4.18 Å². The normalized spacial score (nSPS) is 21.9. The third kappa shape index (κ3) is 2.15. The molecule has 1 fully saturated rings. The van der Waals surface area contributed by atoms with E-state index < -0.39 is 10.1 Å². The maximum atomic E-state index is 11.1. The predicted molar refractivity (Wildman–Crippen MR) is 41.8 cm³/mol. The maximum Gasteiger partial charge on any atom is 0.270 e. The molecule has 1 aliphatic heterocycles. The fraction of sp³-hybridized carbons (Fsp3) is 1.00. The third-order valence-electron chi connectivity index (χ3n) is 1.93. The van der Waals surface area contributed by atoms with Crippen LogP contribution in [-0.2, 0) is 14.3 Å². The van der Waals surface area contributed by atoms with Gasteiger partial charge in [-0.05, 0) is 25.9 Å². The quantitative estimate of drug-likeness (QED) is 0.592. The zero-order valence-corrected chi connectivity index (χ0v) is 7.36. The van der Waals surface area contributed by atoms with Crippen molar-refractivity contribution in [1.82, 2.24) is 5.32 Å². The van der Waals surface area contributed by atoms with Gasteiger partial charge >= 0.3 is 0 Å². The standard InChI is InChI=1S/C6H13NO3S/c1-10-11(8,9)6-2-4-7-5-3-6/h6-7H,2-5H2,1H3. The Kier molecular flexibility index (Phi) is 2.86. The van der Waals surface area contributed by atoms with Gasteiger partial charge in [0.25, 0.3) is 10.1 Å². The molecule has 0 unspecified atom stereocenters. The predicted octanol–water partition coefficient (Wildman–Crippen LogP) is -0.285. The molecule has 0 amide bonds. The fourth-order valence-corrected chi connectivity index (χ4v) is 2.31. The lowest BCUT2D eigenvalue weighted by Gasteiger charge is -2.20. The molecule has 1 saturated heterocycles. The Morgan fingerprint density at radius 2 is 1.91 bits per heavy atom. The van der Waals surface area contributed by atoms with Gasteiger partial charge in [-0.15, -0.1) is 0 Å². The highest BCUT2D eigenvalue weighted by Crippen LogP contribution is 2.13. The van der Waals surface area contributed by atoms with Crippen LogP contribution >= 0.6 is 0 Å². The van der Waals surface area contributed by atoms with Crippen molar-refractivity contribution in [3.8, 4) is 0 Å². The highest BCUT2D eigenvalue weighted by Gasteiger charge is 2.26. The minimum Gasteiger partial charge on any atom is -0.317 e. The van der Waals surface area contributed by atoms with Crippen LogP contribution < -0.4 is 5.32 Å². The summed E-state index contributed by atoms with van der Waals surface area (Å²) in [6, 6.07) is 0. The van der Waals surface area contributed by atoms with Crippen molar-refractivity contribution in [3.05, 3.63) is 0 Å². The van der Waals surface area contributed by atoms with Gasteiger partial charge in [0.15, 0.2) is 0 Å². The molecule has 0 aliphatic carbocycles. The van der Waals surface area contributed by atoms with E-state index in [1.165, 1.54) is 7.11 Å². The van der Waals surface area contributed by atoms with Gasteiger partial charge in [0.2, 0.25) is 0 Å². The molecule has 0 radical (unpaired) electrons. The van der Waals surface area contributed by atoms with Crippen molar-refractivity contribution in [2.45, 2.75) is 18.1 Å². The van der Waals surface area contributed by atoms with Crippen LogP contribution in [0.5, 0.6) is 0 Å². The molecule has 0 saturated carbocycles. The Hall–Kier alpha value is -0.130. The SMILES string of the molecule is COS(=O)(=O)C1CCNCC1. The molecule has 1 heterocycles. The molecule has 0 spiro atoms. The average molecular weight is 179 g/mol. The van der Waals surface area contributed by atoms with Crippen LogP contribution in [0, 0.1) is 0 Å². The van der Waals surface area contributed by atoms with Crippen molar-refractivity contribution in [1.29, 1.82) is 0 Å². The van der Waals surface area contributed by atoms with E-state index in [0.717, 1.165) is 13.1 Å². The summed E-state index contributed by atoms with van der Waals surface area (Å²) in [7, 11) is -2.04. The zero-order valence-electron chi connectivity index (χ0n) is 6.54. The smallest absolute Gasteiger partial charge is 0.270 e. The third-order valence-corrected chi connectivity index (χ3v) is 3.68. The van der Waals surface area contributed by atoms with Crippen LogP contribution in [-0.4, -0.2) is 33.9 Å². The molecule has 0 aromatic rings. The van der Waals surface area contributed by atoms with Crippen LogP contribution in [0.3, 0.4) is 0 Å². The minimum atomic E-state index is -3.26. The number of nitrogens with one attached hydrogen (secondary N) is 1. The zero-order chi connectivity index (χ0) is 8.32. The molecule has 1 N–H and O–H groups in total. The second-order valence-electron chi connectivity index (χ2n) is 2.61. The highest BCUT2D eigenvalue weighted by atomic mass is 32.2. The molecule has 11 heavy (non-hydrogen) atoms. The Bertz CT molecular complexity index is 206. The van der Waals surface area contributed by atoms with Gasteiger partial charge in [-0.1, -0.05) is 0 Å². The van der Waals surface area contributed by atoms with Crippen molar-refractivity contribution in [2.24, 2.45) is 0 Å². The van der Waals surface area contributed by atoms with Crippen molar-refractivity contribution in [3.63, 3.8) is 0 Å². The highest BCUT2D eigenvalue weighted by molar-refractivity contribution is 7.87. The molecule has 0 atom stereocenters. The van der Waals surface area contributed by atoms with E-state index in [2.05, 4.69) is 9.50 Å². The van der Waals surface area contributed by atoms with Crippen LogP contribution in [0.4, 0.5) is 0 Å². The second-order valence-corrected chi connectivity index (χ2v) is 4.59. The summed E-state index contributed by atoms with van der Waals surface area (Å²) < 4.78 is 26.6. The summed E-state index contributed by atoms with van der Waals surface area (Å²) in [5.74, 6) is 0. The topological polar surface area (TPSA) is 55.4 Å².